The van der Waals surface area contributed by atoms with Gasteiger partial charge in [-0.25, -0.2) is 0 Å². The van der Waals surface area contributed by atoms with Crippen molar-refractivity contribution in [3.63, 3.8) is 0 Å². The molecule has 4 nitrogen and oxygen atoms in total. The van der Waals surface area contributed by atoms with Crippen molar-refractivity contribution in [2.45, 2.75) is 38.1 Å². The molecule has 0 radical (unpaired) electrons. The number of hydrogen-bond donors (Lipinski definition) is 2. The van der Waals surface area contributed by atoms with Gasteiger partial charge in [0, 0.05) is 11.1 Å². The average Bonchev–Trinajstić information content (AvgIpc) is 2.95. The van der Waals surface area contributed by atoms with Crippen molar-refractivity contribution in [3.8, 4) is 0 Å². The molecule has 1 aromatic heterocycles. The first-order valence-electron chi connectivity index (χ1n) is 6.67. The number of nitrogens with one attached hydrogen (secondary N) is 1. The van der Waals surface area contributed by atoms with Gasteiger partial charge in [-0.15, -0.1) is 0 Å². The Bertz CT molecular complexity index is 624. The highest BCUT2D eigenvalue weighted by molar-refractivity contribution is 5.99. The lowest BCUT2D eigenvalue weighted by Gasteiger charge is -2.22. The van der Waals surface area contributed by atoms with Crippen molar-refractivity contribution < 1.29 is 9.21 Å². The summed E-state index contributed by atoms with van der Waals surface area (Å²) >= 11 is 0. The summed E-state index contributed by atoms with van der Waals surface area (Å²) in [6.07, 6.45) is 3.60. The summed E-state index contributed by atoms with van der Waals surface area (Å²) in [6.45, 7) is 1.91. The zero-order valence-corrected chi connectivity index (χ0v) is 11.0. The largest absolute Gasteiger partial charge is 0.461 e. The molecule has 0 atom stereocenters. The third-order valence-corrected chi connectivity index (χ3v) is 3.85. The molecule has 0 saturated heterocycles. The number of furan rings is 1. The number of aryl methyl sites for hydroxylation is 1. The molecule has 1 fully saturated rings. The van der Waals surface area contributed by atoms with Crippen LogP contribution in [0.25, 0.3) is 11.0 Å². The fourth-order valence-corrected chi connectivity index (χ4v) is 2.74. The number of anilines is 1. The van der Waals surface area contributed by atoms with Crippen molar-refractivity contribution in [1.82, 2.24) is 0 Å². The second kappa shape index (κ2) is 4.38. The summed E-state index contributed by atoms with van der Waals surface area (Å²) in [7, 11) is 0. The Labute approximate surface area is 112 Å². The van der Waals surface area contributed by atoms with Gasteiger partial charge < -0.3 is 15.5 Å². The second-order valence-electron chi connectivity index (χ2n) is 5.43. The SMILES string of the molecule is Cc1cc2cc(NC(=O)C3(N)CCCC3)ccc2o1. The molecule has 4 heteroatoms. The summed E-state index contributed by atoms with van der Waals surface area (Å²) < 4.78 is 5.51. The first kappa shape index (κ1) is 12.2. The predicted octanol–water partition coefficient (Wildman–Crippen LogP) is 2.95. The van der Waals surface area contributed by atoms with E-state index in [0.29, 0.717) is 0 Å². The van der Waals surface area contributed by atoms with Gasteiger partial charge in [-0.2, -0.15) is 0 Å². The second-order valence-corrected chi connectivity index (χ2v) is 5.43. The summed E-state index contributed by atoms with van der Waals surface area (Å²) in [4.78, 5) is 12.2. The maximum atomic E-state index is 12.2. The van der Waals surface area contributed by atoms with E-state index in [1.807, 2.05) is 31.2 Å². The Morgan fingerprint density at radius 3 is 2.79 bits per heavy atom. The molecule has 1 aliphatic carbocycles. The van der Waals surface area contributed by atoms with Crippen LogP contribution < -0.4 is 11.1 Å². The third-order valence-electron chi connectivity index (χ3n) is 3.85. The summed E-state index contributed by atoms with van der Waals surface area (Å²) in [6, 6.07) is 7.60. The number of hydrogen-bond acceptors (Lipinski definition) is 3. The fraction of sp³-hybridized carbons (Fsp3) is 0.400. The van der Waals surface area contributed by atoms with Gasteiger partial charge in [0.2, 0.25) is 5.91 Å². The molecular formula is C15H18N2O2. The van der Waals surface area contributed by atoms with Crippen molar-refractivity contribution >= 4 is 22.6 Å². The van der Waals surface area contributed by atoms with Crippen LogP contribution in [0.15, 0.2) is 28.7 Å². The van der Waals surface area contributed by atoms with E-state index in [0.717, 1.165) is 48.1 Å². The minimum absolute atomic E-state index is 0.0791. The van der Waals surface area contributed by atoms with E-state index < -0.39 is 5.54 Å². The van der Waals surface area contributed by atoms with Crippen LogP contribution in [0.1, 0.15) is 31.4 Å². The predicted molar refractivity (Wildman–Crippen MR) is 75.0 cm³/mol. The van der Waals surface area contributed by atoms with Gasteiger partial charge in [0.15, 0.2) is 0 Å². The molecule has 1 saturated carbocycles. The number of carbonyl (C=O) groups is 1. The topological polar surface area (TPSA) is 68.3 Å². The molecule has 1 amide bonds. The van der Waals surface area contributed by atoms with E-state index in [-0.39, 0.29) is 5.91 Å². The van der Waals surface area contributed by atoms with Gasteiger partial charge in [0.1, 0.15) is 11.3 Å². The van der Waals surface area contributed by atoms with Gasteiger partial charge in [0.05, 0.1) is 5.54 Å². The molecule has 3 rings (SSSR count). The molecule has 2 aromatic rings. The molecule has 0 bridgehead atoms. The van der Waals surface area contributed by atoms with Crippen LogP contribution in [-0.4, -0.2) is 11.4 Å². The summed E-state index contributed by atoms with van der Waals surface area (Å²) in [5, 5.41) is 3.91. The highest BCUT2D eigenvalue weighted by Crippen LogP contribution is 2.29. The van der Waals surface area contributed by atoms with Crippen molar-refractivity contribution in [2.75, 3.05) is 5.32 Å². The maximum Gasteiger partial charge on any atom is 0.244 e. The van der Waals surface area contributed by atoms with E-state index >= 15 is 0 Å². The number of benzene rings is 1. The molecule has 0 spiro atoms. The molecule has 3 N–H and O–H groups in total. The van der Waals surface area contributed by atoms with Crippen molar-refractivity contribution in [2.24, 2.45) is 5.73 Å². The van der Waals surface area contributed by atoms with Gasteiger partial charge in [-0.1, -0.05) is 12.8 Å². The molecule has 1 heterocycles. The normalized spacial score (nSPS) is 17.8. The van der Waals surface area contributed by atoms with Crippen LogP contribution >= 0.6 is 0 Å². The van der Waals surface area contributed by atoms with Gasteiger partial charge in [-0.05, 0) is 44.0 Å². The van der Waals surface area contributed by atoms with Crippen LogP contribution in [0.5, 0.6) is 0 Å². The monoisotopic (exact) mass is 258 g/mol. The number of nitrogens with two attached hydrogens (primary N) is 1. The Hall–Kier alpha value is -1.81. The van der Waals surface area contributed by atoms with E-state index in [9.17, 15) is 4.79 Å². The van der Waals surface area contributed by atoms with Crippen LogP contribution in [0, 0.1) is 6.92 Å². The standard InChI is InChI=1S/C15H18N2O2/c1-10-8-11-9-12(4-5-13(11)19-10)17-14(18)15(16)6-2-3-7-15/h4-5,8-9H,2-3,6-7,16H2,1H3,(H,17,18). The molecule has 0 unspecified atom stereocenters. The van der Waals surface area contributed by atoms with Crippen LogP contribution in [0.4, 0.5) is 5.69 Å². The Morgan fingerprint density at radius 2 is 2.05 bits per heavy atom. The quantitative estimate of drug-likeness (QED) is 0.870. The minimum atomic E-state index is -0.693. The summed E-state index contributed by atoms with van der Waals surface area (Å²) in [5.74, 6) is 0.786. The van der Waals surface area contributed by atoms with E-state index in [1.165, 1.54) is 0 Å². The van der Waals surface area contributed by atoms with Crippen molar-refractivity contribution in [3.05, 3.63) is 30.0 Å². The molecule has 19 heavy (non-hydrogen) atoms. The lowest BCUT2D eigenvalue weighted by atomic mass is 9.98. The van der Waals surface area contributed by atoms with Crippen molar-refractivity contribution in [1.29, 1.82) is 0 Å². The Morgan fingerprint density at radius 1 is 1.32 bits per heavy atom. The zero-order valence-electron chi connectivity index (χ0n) is 11.0. The van der Waals surface area contributed by atoms with Gasteiger partial charge in [-0.3, -0.25) is 4.79 Å². The highest BCUT2D eigenvalue weighted by atomic mass is 16.3. The lowest BCUT2D eigenvalue weighted by Crippen LogP contribution is -2.48. The first-order chi connectivity index (χ1) is 9.07. The maximum absolute atomic E-state index is 12.2. The fourth-order valence-electron chi connectivity index (χ4n) is 2.74. The minimum Gasteiger partial charge on any atom is -0.461 e. The lowest BCUT2D eigenvalue weighted by molar-refractivity contribution is -0.121. The number of fused-ring (bicyclic) bond motifs is 1. The third kappa shape index (κ3) is 2.24. The first-order valence-corrected chi connectivity index (χ1v) is 6.67. The molecule has 100 valence electrons. The summed E-state index contributed by atoms with van der Waals surface area (Å²) in [5.41, 5.74) is 7.05. The number of rotatable bonds is 2. The smallest absolute Gasteiger partial charge is 0.244 e. The molecule has 1 aliphatic rings. The molecule has 1 aromatic carbocycles. The van der Waals surface area contributed by atoms with E-state index in [2.05, 4.69) is 5.32 Å². The van der Waals surface area contributed by atoms with Crippen LogP contribution in [0.2, 0.25) is 0 Å². The zero-order chi connectivity index (χ0) is 13.5. The van der Waals surface area contributed by atoms with Crippen LogP contribution in [0.3, 0.4) is 0 Å². The number of carbonyl (C=O) groups excluding carboxylic acids is 1. The van der Waals surface area contributed by atoms with Crippen LogP contribution in [-0.2, 0) is 4.79 Å². The highest BCUT2D eigenvalue weighted by Gasteiger charge is 2.36. The molecule has 0 aliphatic heterocycles. The molecular weight excluding hydrogens is 240 g/mol. The number of amides is 1. The van der Waals surface area contributed by atoms with E-state index in [4.69, 9.17) is 10.2 Å². The van der Waals surface area contributed by atoms with Gasteiger partial charge in [0.25, 0.3) is 0 Å². The average molecular weight is 258 g/mol. The van der Waals surface area contributed by atoms with Gasteiger partial charge >= 0.3 is 0 Å². The Kier molecular flexibility index (Phi) is 2.82. The Balaban J connectivity index is 1.82. The van der Waals surface area contributed by atoms with E-state index in [1.54, 1.807) is 0 Å².